The molecule has 4 heterocycles. The van der Waals surface area contributed by atoms with Gasteiger partial charge in [0.15, 0.2) is 5.17 Å². The predicted octanol–water partition coefficient (Wildman–Crippen LogP) is 2.94. The summed E-state index contributed by atoms with van der Waals surface area (Å²) in [5.74, 6) is -0.806. The highest BCUT2D eigenvalue weighted by molar-refractivity contribution is 8.14. The number of thioether (sulfide) groups is 1. The Kier molecular flexibility index (Phi) is 5.27. The van der Waals surface area contributed by atoms with Crippen LogP contribution in [-0.4, -0.2) is 32.1 Å². The standard InChI is InChI=1S/C23H18N6O3S/c1-13-19(22(32)28-27-21(31)14-7-10-24-11-8-14)20(16-4-2-3-9-25-16)29-17-6-5-15(30)12-18(17)33-23(29)26-13/h2-12,20,30H,1H3,(H,27,31)(H,28,32). The fourth-order valence-corrected chi connectivity index (χ4v) is 4.89. The van der Waals surface area contributed by atoms with Crippen LogP contribution in [0.25, 0.3) is 0 Å². The van der Waals surface area contributed by atoms with Crippen molar-refractivity contribution in [2.24, 2.45) is 4.99 Å². The second-order valence-corrected chi connectivity index (χ2v) is 8.33. The number of aliphatic imine (C=N–C) groups is 1. The second kappa shape index (κ2) is 8.40. The van der Waals surface area contributed by atoms with Crippen molar-refractivity contribution in [1.82, 2.24) is 20.8 Å². The number of nitrogens with zero attached hydrogens (tertiary/aromatic N) is 4. The summed E-state index contributed by atoms with van der Waals surface area (Å²) in [5.41, 5.74) is 7.65. The summed E-state index contributed by atoms with van der Waals surface area (Å²) in [4.78, 5) is 41.5. The van der Waals surface area contributed by atoms with Gasteiger partial charge in [0.25, 0.3) is 11.8 Å². The number of allylic oxidation sites excluding steroid dienone is 1. The van der Waals surface area contributed by atoms with Crippen molar-refractivity contribution in [2.45, 2.75) is 17.9 Å². The summed E-state index contributed by atoms with van der Waals surface area (Å²) >= 11 is 1.41. The number of anilines is 1. The average Bonchev–Trinajstić information content (AvgIpc) is 3.19. The molecule has 1 atom stereocenters. The van der Waals surface area contributed by atoms with Crippen molar-refractivity contribution in [1.29, 1.82) is 0 Å². The van der Waals surface area contributed by atoms with Gasteiger partial charge in [-0.1, -0.05) is 6.07 Å². The molecule has 3 N–H and O–H groups in total. The Morgan fingerprint density at radius 2 is 1.82 bits per heavy atom. The molecule has 2 aliphatic rings. The first kappa shape index (κ1) is 20.7. The van der Waals surface area contributed by atoms with Crippen LogP contribution in [0, 0.1) is 0 Å². The third kappa shape index (κ3) is 3.80. The molecule has 3 aromatic rings. The number of pyridine rings is 2. The summed E-state index contributed by atoms with van der Waals surface area (Å²) in [5, 5.41) is 10.6. The minimum atomic E-state index is -0.574. The van der Waals surface area contributed by atoms with Gasteiger partial charge in [-0.15, -0.1) is 0 Å². The highest BCUT2D eigenvalue weighted by Crippen LogP contribution is 2.50. The summed E-state index contributed by atoms with van der Waals surface area (Å²) in [6, 6.07) is 13.1. The van der Waals surface area contributed by atoms with Crippen LogP contribution in [0.3, 0.4) is 0 Å². The van der Waals surface area contributed by atoms with E-state index in [4.69, 9.17) is 0 Å². The van der Waals surface area contributed by atoms with Crippen LogP contribution in [0.15, 0.2) is 88.3 Å². The van der Waals surface area contributed by atoms with E-state index in [1.807, 2.05) is 17.0 Å². The van der Waals surface area contributed by atoms with E-state index in [-0.39, 0.29) is 5.75 Å². The van der Waals surface area contributed by atoms with Gasteiger partial charge in [0.2, 0.25) is 0 Å². The molecule has 0 spiro atoms. The minimum absolute atomic E-state index is 0.151. The van der Waals surface area contributed by atoms with Gasteiger partial charge in [-0.2, -0.15) is 0 Å². The quantitative estimate of drug-likeness (QED) is 0.516. The normalized spacial score (nSPS) is 16.6. The molecule has 2 aromatic heterocycles. The number of hydrogen-bond acceptors (Lipinski definition) is 8. The number of fused-ring (bicyclic) bond motifs is 3. The van der Waals surface area contributed by atoms with Gasteiger partial charge in [-0.3, -0.25) is 30.4 Å². The Bertz CT molecular complexity index is 1310. The first-order valence-corrected chi connectivity index (χ1v) is 10.9. The van der Waals surface area contributed by atoms with Crippen LogP contribution < -0.4 is 15.8 Å². The van der Waals surface area contributed by atoms with E-state index >= 15 is 0 Å². The van der Waals surface area contributed by atoms with Gasteiger partial charge < -0.3 is 10.0 Å². The summed E-state index contributed by atoms with van der Waals surface area (Å²) in [6.45, 7) is 1.75. The topological polar surface area (TPSA) is 120 Å². The molecule has 0 fully saturated rings. The van der Waals surface area contributed by atoms with Gasteiger partial charge in [0, 0.05) is 29.0 Å². The first-order valence-electron chi connectivity index (χ1n) is 10.0. The third-order valence-electron chi connectivity index (χ3n) is 5.24. The number of benzene rings is 1. The number of amides is 2. The van der Waals surface area contributed by atoms with E-state index in [0.29, 0.717) is 27.7 Å². The number of aromatic nitrogens is 2. The fourth-order valence-electron chi connectivity index (χ4n) is 3.75. The lowest BCUT2D eigenvalue weighted by molar-refractivity contribution is -0.118. The highest BCUT2D eigenvalue weighted by atomic mass is 32.2. The van der Waals surface area contributed by atoms with E-state index in [1.165, 1.54) is 24.2 Å². The minimum Gasteiger partial charge on any atom is -0.508 e. The molecule has 1 unspecified atom stereocenters. The maximum absolute atomic E-state index is 13.3. The lowest BCUT2D eigenvalue weighted by atomic mass is 9.97. The zero-order valence-electron chi connectivity index (χ0n) is 17.4. The first-order chi connectivity index (χ1) is 16.0. The maximum atomic E-state index is 13.3. The molecule has 1 aromatic carbocycles. The number of hydrazine groups is 1. The van der Waals surface area contributed by atoms with Gasteiger partial charge >= 0.3 is 0 Å². The van der Waals surface area contributed by atoms with Crippen molar-refractivity contribution in [2.75, 3.05) is 4.90 Å². The SMILES string of the molecule is CC1=C(C(=O)NNC(=O)c2ccncc2)C(c2ccccn2)N2C(=N1)Sc1cc(O)ccc12. The van der Waals surface area contributed by atoms with Crippen molar-refractivity contribution in [3.05, 3.63) is 89.6 Å². The number of aromatic hydroxyl groups is 1. The Balaban J connectivity index is 1.50. The van der Waals surface area contributed by atoms with Crippen LogP contribution in [0.2, 0.25) is 0 Å². The number of rotatable bonds is 3. The molecular formula is C23H18N6O3S. The van der Waals surface area contributed by atoms with Crippen LogP contribution in [0.4, 0.5) is 5.69 Å². The van der Waals surface area contributed by atoms with Crippen molar-refractivity contribution in [3.8, 4) is 5.75 Å². The third-order valence-corrected chi connectivity index (χ3v) is 6.26. The Hall–Kier alpha value is -4.18. The van der Waals surface area contributed by atoms with Crippen LogP contribution >= 0.6 is 11.8 Å². The van der Waals surface area contributed by atoms with Gasteiger partial charge in [0.05, 0.1) is 22.7 Å². The number of phenolic OH excluding ortho intramolecular Hbond substituents is 1. The van der Waals surface area contributed by atoms with E-state index < -0.39 is 17.9 Å². The largest absolute Gasteiger partial charge is 0.508 e. The second-order valence-electron chi connectivity index (χ2n) is 7.32. The molecule has 164 valence electrons. The fraction of sp³-hybridized carbons (Fsp3) is 0.0870. The molecule has 2 amide bonds. The molecule has 0 bridgehead atoms. The molecule has 10 heteroatoms. The predicted molar refractivity (Wildman–Crippen MR) is 123 cm³/mol. The Morgan fingerprint density at radius 3 is 2.58 bits per heavy atom. The van der Waals surface area contributed by atoms with Crippen molar-refractivity contribution >= 4 is 34.4 Å². The van der Waals surface area contributed by atoms with Crippen molar-refractivity contribution < 1.29 is 14.7 Å². The van der Waals surface area contributed by atoms with E-state index in [0.717, 1.165) is 10.6 Å². The molecule has 33 heavy (non-hydrogen) atoms. The number of phenols is 1. The molecule has 0 saturated heterocycles. The highest BCUT2D eigenvalue weighted by Gasteiger charge is 2.42. The lowest BCUT2D eigenvalue weighted by Crippen LogP contribution is -2.46. The molecular weight excluding hydrogens is 440 g/mol. The zero-order valence-corrected chi connectivity index (χ0v) is 18.2. The molecule has 5 rings (SSSR count). The maximum Gasteiger partial charge on any atom is 0.269 e. The van der Waals surface area contributed by atoms with E-state index in [1.54, 1.807) is 49.5 Å². The number of hydrogen-bond donors (Lipinski definition) is 3. The van der Waals surface area contributed by atoms with Crippen LogP contribution in [0.1, 0.15) is 29.0 Å². The van der Waals surface area contributed by atoms with Crippen molar-refractivity contribution in [3.63, 3.8) is 0 Å². The van der Waals surface area contributed by atoms with Crippen LogP contribution in [0.5, 0.6) is 5.75 Å². The number of carbonyl (C=O) groups excluding carboxylic acids is 2. The van der Waals surface area contributed by atoms with E-state index in [2.05, 4.69) is 25.8 Å². The number of amidine groups is 1. The van der Waals surface area contributed by atoms with Gasteiger partial charge in [-0.05, 0) is 61.2 Å². The summed E-state index contributed by atoms with van der Waals surface area (Å²) < 4.78 is 0. The summed E-state index contributed by atoms with van der Waals surface area (Å²) in [7, 11) is 0. The molecule has 0 aliphatic carbocycles. The monoisotopic (exact) mass is 458 g/mol. The molecule has 9 nitrogen and oxygen atoms in total. The number of carbonyl (C=O) groups is 2. The van der Waals surface area contributed by atoms with E-state index in [9.17, 15) is 14.7 Å². The average molecular weight is 459 g/mol. The zero-order chi connectivity index (χ0) is 22.9. The van der Waals surface area contributed by atoms with Crippen LogP contribution in [-0.2, 0) is 4.79 Å². The Labute approximate surface area is 193 Å². The summed E-state index contributed by atoms with van der Waals surface area (Å²) in [6.07, 6.45) is 4.66. The van der Waals surface area contributed by atoms with Gasteiger partial charge in [0.1, 0.15) is 11.8 Å². The molecule has 0 radical (unpaired) electrons. The van der Waals surface area contributed by atoms with Gasteiger partial charge in [-0.25, -0.2) is 4.99 Å². The number of nitrogens with one attached hydrogen (secondary N) is 2. The molecule has 0 saturated carbocycles. The molecule has 2 aliphatic heterocycles. The Morgan fingerprint density at radius 1 is 1.03 bits per heavy atom. The lowest BCUT2D eigenvalue weighted by Gasteiger charge is -2.34. The smallest absolute Gasteiger partial charge is 0.269 e.